The first-order chi connectivity index (χ1) is 6.65. The van der Waals surface area contributed by atoms with Crippen molar-refractivity contribution >= 4 is 17.5 Å². The van der Waals surface area contributed by atoms with E-state index in [2.05, 4.69) is 5.32 Å². The van der Waals surface area contributed by atoms with E-state index in [1.807, 2.05) is 13.8 Å². The second-order valence-electron chi connectivity index (χ2n) is 4.06. The molecule has 0 aliphatic carbocycles. The molecule has 1 aliphatic rings. The van der Waals surface area contributed by atoms with E-state index in [0.717, 1.165) is 6.42 Å². The number of rotatable bonds is 4. The molecule has 0 radical (unpaired) electrons. The topological polar surface area (TPSA) is 38.3 Å². The van der Waals surface area contributed by atoms with Gasteiger partial charge in [-0.25, -0.2) is 0 Å². The zero-order valence-electron chi connectivity index (χ0n) is 8.75. The highest BCUT2D eigenvalue weighted by atomic mass is 35.5. The second-order valence-corrected chi connectivity index (χ2v) is 4.37. The summed E-state index contributed by atoms with van der Waals surface area (Å²) in [5.41, 5.74) is 0. The molecule has 1 aliphatic heterocycles. The highest BCUT2D eigenvalue weighted by Crippen LogP contribution is 2.19. The summed E-state index contributed by atoms with van der Waals surface area (Å²) in [6.07, 6.45) is 0.723. The van der Waals surface area contributed by atoms with Gasteiger partial charge in [0.1, 0.15) is 6.10 Å². The van der Waals surface area contributed by atoms with Crippen molar-refractivity contribution in [3.63, 3.8) is 0 Å². The predicted octanol–water partition coefficient (Wildman–Crippen LogP) is 1.40. The highest BCUT2D eigenvalue weighted by Gasteiger charge is 2.30. The number of carbonyl (C=O) groups is 1. The molecule has 0 aromatic carbocycles. The van der Waals surface area contributed by atoms with Gasteiger partial charge in [-0.2, -0.15) is 0 Å². The summed E-state index contributed by atoms with van der Waals surface area (Å²) in [5, 5.41) is 2.86. The van der Waals surface area contributed by atoms with Gasteiger partial charge < -0.3 is 10.1 Å². The minimum Gasteiger partial charge on any atom is -0.368 e. The third-order valence-corrected chi connectivity index (χ3v) is 3.06. The molecule has 0 saturated carbocycles. The largest absolute Gasteiger partial charge is 0.368 e. The van der Waals surface area contributed by atoms with Crippen LogP contribution in [-0.2, 0) is 9.53 Å². The summed E-state index contributed by atoms with van der Waals surface area (Å²) in [6, 6.07) is 0. The minimum absolute atomic E-state index is 0.00645. The molecule has 0 aromatic heterocycles. The van der Waals surface area contributed by atoms with Gasteiger partial charge in [0.2, 0.25) is 5.91 Å². The van der Waals surface area contributed by atoms with Crippen molar-refractivity contribution < 1.29 is 9.53 Å². The summed E-state index contributed by atoms with van der Waals surface area (Å²) >= 11 is 5.64. The Balaban J connectivity index is 2.27. The van der Waals surface area contributed by atoms with Gasteiger partial charge in [0.05, 0.1) is 0 Å². The lowest BCUT2D eigenvalue weighted by atomic mass is 10.0. The lowest BCUT2D eigenvalue weighted by Crippen LogP contribution is -2.39. The molecule has 82 valence electrons. The van der Waals surface area contributed by atoms with Crippen molar-refractivity contribution in [2.24, 2.45) is 11.8 Å². The molecule has 3 atom stereocenters. The van der Waals surface area contributed by atoms with Gasteiger partial charge in [0.15, 0.2) is 0 Å². The van der Waals surface area contributed by atoms with Crippen molar-refractivity contribution in [3.05, 3.63) is 0 Å². The summed E-state index contributed by atoms with van der Waals surface area (Å²) < 4.78 is 5.35. The SMILES string of the molecule is CC(CCl)CNC(=O)C1OCCC1C. The monoisotopic (exact) mass is 219 g/mol. The van der Waals surface area contributed by atoms with E-state index in [-0.39, 0.29) is 12.0 Å². The van der Waals surface area contributed by atoms with Crippen LogP contribution in [-0.4, -0.2) is 31.0 Å². The Morgan fingerprint density at radius 2 is 2.43 bits per heavy atom. The molecular formula is C10H18ClNO2. The Bertz CT molecular complexity index is 199. The number of ether oxygens (including phenoxy) is 1. The van der Waals surface area contributed by atoms with Gasteiger partial charge in [-0.05, 0) is 18.3 Å². The molecule has 0 spiro atoms. The van der Waals surface area contributed by atoms with Crippen LogP contribution in [0, 0.1) is 11.8 Å². The number of hydrogen-bond donors (Lipinski definition) is 1. The van der Waals surface area contributed by atoms with Crippen LogP contribution in [0.15, 0.2) is 0 Å². The van der Waals surface area contributed by atoms with Crippen molar-refractivity contribution in [1.29, 1.82) is 0 Å². The van der Waals surface area contributed by atoms with Gasteiger partial charge in [-0.3, -0.25) is 4.79 Å². The zero-order chi connectivity index (χ0) is 10.6. The van der Waals surface area contributed by atoms with Crippen LogP contribution in [0.2, 0.25) is 0 Å². The number of hydrogen-bond acceptors (Lipinski definition) is 2. The smallest absolute Gasteiger partial charge is 0.249 e. The van der Waals surface area contributed by atoms with Crippen LogP contribution in [0.4, 0.5) is 0 Å². The van der Waals surface area contributed by atoms with E-state index >= 15 is 0 Å². The van der Waals surface area contributed by atoms with E-state index in [9.17, 15) is 4.79 Å². The number of amides is 1. The van der Waals surface area contributed by atoms with E-state index < -0.39 is 0 Å². The standard InChI is InChI=1S/C10H18ClNO2/c1-7(5-11)6-12-10(13)9-8(2)3-4-14-9/h7-9H,3-6H2,1-2H3,(H,12,13). The molecule has 1 heterocycles. The van der Waals surface area contributed by atoms with Crippen LogP contribution in [0.5, 0.6) is 0 Å². The first-order valence-corrected chi connectivity index (χ1v) is 5.64. The lowest BCUT2D eigenvalue weighted by Gasteiger charge is -2.16. The van der Waals surface area contributed by atoms with E-state index in [4.69, 9.17) is 16.3 Å². The van der Waals surface area contributed by atoms with Crippen LogP contribution in [0.3, 0.4) is 0 Å². The van der Waals surface area contributed by atoms with Gasteiger partial charge in [0, 0.05) is 19.0 Å². The normalized spacial score (nSPS) is 28.8. The van der Waals surface area contributed by atoms with E-state index in [1.54, 1.807) is 0 Å². The van der Waals surface area contributed by atoms with Crippen LogP contribution in [0.1, 0.15) is 20.3 Å². The zero-order valence-corrected chi connectivity index (χ0v) is 9.51. The number of alkyl halides is 1. The molecule has 1 N–H and O–H groups in total. The average Bonchev–Trinajstić information content (AvgIpc) is 2.60. The Hall–Kier alpha value is -0.280. The summed E-state index contributed by atoms with van der Waals surface area (Å²) in [5.74, 6) is 1.23. The number of nitrogens with one attached hydrogen (secondary N) is 1. The predicted molar refractivity (Wildman–Crippen MR) is 56.4 cm³/mol. The maximum atomic E-state index is 11.6. The fourth-order valence-electron chi connectivity index (χ4n) is 1.46. The maximum Gasteiger partial charge on any atom is 0.249 e. The molecule has 1 rings (SSSR count). The van der Waals surface area contributed by atoms with Gasteiger partial charge >= 0.3 is 0 Å². The molecule has 14 heavy (non-hydrogen) atoms. The molecule has 1 fully saturated rings. The Labute approximate surface area is 90.1 Å². The fraction of sp³-hybridized carbons (Fsp3) is 0.900. The molecular weight excluding hydrogens is 202 g/mol. The minimum atomic E-state index is -0.252. The van der Waals surface area contributed by atoms with Crippen molar-refractivity contribution in [3.8, 4) is 0 Å². The van der Waals surface area contributed by atoms with Gasteiger partial charge in [-0.15, -0.1) is 11.6 Å². The molecule has 0 bridgehead atoms. The van der Waals surface area contributed by atoms with E-state index in [0.29, 0.717) is 30.9 Å². The third-order valence-electron chi connectivity index (χ3n) is 2.53. The van der Waals surface area contributed by atoms with Crippen LogP contribution < -0.4 is 5.32 Å². The number of halogens is 1. The lowest BCUT2D eigenvalue weighted by molar-refractivity contribution is -0.131. The summed E-state index contributed by atoms with van der Waals surface area (Å²) in [4.78, 5) is 11.6. The van der Waals surface area contributed by atoms with E-state index in [1.165, 1.54) is 0 Å². The van der Waals surface area contributed by atoms with Crippen molar-refractivity contribution in [1.82, 2.24) is 5.32 Å². The third kappa shape index (κ3) is 3.14. The van der Waals surface area contributed by atoms with Gasteiger partial charge in [-0.1, -0.05) is 13.8 Å². The highest BCUT2D eigenvalue weighted by molar-refractivity contribution is 6.18. The second kappa shape index (κ2) is 5.56. The Kier molecular flexibility index (Phi) is 4.69. The quantitative estimate of drug-likeness (QED) is 0.726. The first-order valence-electron chi connectivity index (χ1n) is 5.10. The first kappa shape index (κ1) is 11.8. The van der Waals surface area contributed by atoms with Crippen molar-refractivity contribution in [2.75, 3.05) is 19.0 Å². The Morgan fingerprint density at radius 3 is 2.93 bits per heavy atom. The maximum absolute atomic E-state index is 11.6. The average molecular weight is 220 g/mol. The van der Waals surface area contributed by atoms with Crippen molar-refractivity contribution in [2.45, 2.75) is 26.4 Å². The fourth-order valence-corrected chi connectivity index (χ4v) is 1.57. The van der Waals surface area contributed by atoms with Gasteiger partial charge in [0.25, 0.3) is 0 Å². The molecule has 1 amide bonds. The Morgan fingerprint density at radius 1 is 1.71 bits per heavy atom. The summed E-state index contributed by atoms with van der Waals surface area (Å²) in [7, 11) is 0. The molecule has 0 aromatic rings. The molecule has 4 heteroatoms. The molecule has 3 unspecified atom stereocenters. The molecule has 1 saturated heterocycles. The number of carbonyl (C=O) groups excluding carboxylic acids is 1. The van der Waals surface area contributed by atoms with Crippen LogP contribution in [0.25, 0.3) is 0 Å². The summed E-state index contributed by atoms with van der Waals surface area (Å²) in [6.45, 7) is 5.38. The van der Waals surface area contributed by atoms with Crippen LogP contribution >= 0.6 is 11.6 Å². The molecule has 3 nitrogen and oxygen atoms in total.